The van der Waals surface area contributed by atoms with Crippen LogP contribution in [0.2, 0.25) is 0 Å². The zero-order valence-corrected chi connectivity index (χ0v) is 11.2. The highest BCUT2D eigenvalue weighted by molar-refractivity contribution is 7.98. The predicted molar refractivity (Wildman–Crippen MR) is 74.2 cm³/mol. The van der Waals surface area contributed by atoms with E-state index >= 15 is 0 Å². The van der Waals surface area contributed by atoms with Gasteiger partial charge in [0.1, 0.15) is 5.82 Å². The van der Waals surface area contributed by atoms with E-state index in [9.17, 15) is 0 Å². The molecule has 0 aromatic carbocycles. The summed E-state index contributed by atoms with van der Waals surface area (Å²) in [6.45, 7) is 0.962. The number of fused-ring (bicyclic) bond motifs is 1. The van der Waals surface area contributed by atoms with Gasteiger partial charge in [-0.15, -0.1) is 0 Å². The Bertz CT molecular complexity index is 496. The minimum Gasteiger partial charge on any atom is -0.372 e. The van der Waals surface area contributed by atoms with Crippen molar-refractivity contribution in [1.29, 1.82) is 0 Å². The average molecular weight is 251 g/mol. The Morgan fingerprint density at radius 1 is 1.53 bits per heavy atom. The van der Waals surface area contributed by atoms with Gasteiger partial charge in [-0.2, -0.15) is 11.8 Å². The first kappa shape index (κ1) is 12.0. The van der Waals surface area contributed by atoms with Crippen LogP contribution in [0, 0.1) is 0 Å². The number of aromatic nitrogens is 3. The first-order chi connectivity index (χ1) is 8.26. The molecule has 17 heavy (non-hydrogen) atoms. The molecule has 1 N–H and O–H groups in total. The van der Waals surface area contributed by atoms with E-state index in [1.54, 1.807) is 6.20 Å². The summed E-state index contributed by atoms with van der Waals surface area (Å²) in [5.74, 6) is 2.84. The fourth-order valence-corrected chi connectivity index (χ4v) is 2.08. The molecule has 0 atom stereocenters. The molecule has 0 fully saturated rings. The molecule has 0 amide bonds. The summed E-state index contributed by atoms with van der Waals surface area (Å²) < 4.78 is 1.99. The Balaban J connectivity index is 2.39. The first-order valence-corrected chi connectivity index (χ1v) is 6.87. The van der Waals surface area contributed by atoms with Gasteiger partial charge >= 0.3 is 0 Å². The van der Waals surface area contributed by atoms with Crippen molar-refractivity contribution in [1.82, 2.24) is 14.4 Å². The van der Waals surface area contributed by atoms with E-state index in [1.165, 1.54) is 0 Å². The second kappa shape index (κ2) is 5.27. The molecule has 0 aliphatic carbocycles. The van der Waals surface area contributed by atoms with Crippen molar-refractivity contribution in [2.24, 2.45) is 0 Å². The van der Waals surface area contributed by atoms with Crippen molar-refractivity contribution in [3.63, 3.8) is 0 Å². The third-order valence-electron chi connectivity index (χ3n) is 2.60. The van der Waals surface area contributed by atoms with Crippen LogP contribution in [-0.2, 0) is 0 Å². The molecule has 0 bridgehead atoms. The van der Waals surface area contributed by atoms with E-state index in [0.717, 1.165) is 29.6 Å². The number of nitrogens with zero attached hydrogens (tertiary/aromatic N) is 4. The number of anilines is 2. The average Bonchev–Trinajstić information content (AvgIpc) is 2.82. The lowest BCUT2D eigenvalue weighted by Gasteiger charge is -2.18. The highest BCUT2D eigenvalue weighted by atomic mass is 32.2. The summed E-state index contributed by atoms with van der Waals surface area (Å²) in [4.78, 5) is 11.1. The van der Waals surface area contributed by atoms with Crippen LogP contribution in [0.15, 0.2) is 18.6 Å². The number of thioether (sulfide) groups is 1. The van der Waals surface area contributed by atoms with E-state index in [1.807, 2.05) is 42.7 Å². The third kappa shape index (κ3) is 2.46. The van der Waals surface area contributed by atoms with Crippen LogP contribution >= 0.6 is 11.8 Å². The molecule has 0 aliphatic rings. The molecule has 92 valence electrons. The normalized spacial score (nSPS) is 10.8. The molecule has 2 aromatic rings. The second-order valence-electron chi connectivity index (χ2n) is 3.77. The number of rotatable bonds is 5. The molecule has 0 saturated carbocycles. The van der Waals surface area contributed by atoms with Crippen molar-refractivity contribution in [3.8, 4) is 0 Å². The van der Waals surface area contributed by atoms with Crippen LogP contribution in [0.5, 0.6) is 0 Å². The van der Waals surface area contributed by atoms with Gasteiger partial charge < -0.3 is 14.6 Å². The van der Waals surface area contributed by atoms with Gasteiger partial charge in [-0.05, 0) is 6.26 Å². The summed E-state index contributed by atoms with van der Waals surface area (Å²) in [6, 6.07) is 0. The minimum absolute atomic E-state index is 0.849. The van der Waals surface area contributed by atoms with E-state index < -0.39 is 0 Å². The van der Waals surface area contributed by atoms with Crippen LogP contribution in [0.1, 0.15) is 0 Å². The molecule has 0 spiro atoms. The summed E-state index contributed by atoms with van der Waals surface area (Å²) in [6.07, 6.45) is 7.77. The van der Waals surface area contributed by atoms with Gasteiger partial charge in [0.2, 0.25) is 0 Å². The molecular formula is C11H17N5S. The van der Waals surface area contributed by atoms with Crippen molar-refractivity contribution in [3.05, 3.63) is 18.6 Å². The Labute approximate surface area is 105 Å². The molecule has 0 radical (unpaired) electrons. The lowest BCUT2D eigenvalue weighted by Crippen LogP contribution is -2.22. The number of hydrogen-bond donors (Lipinski definition) is 1. The molecule has 0 saturated heterocycles. The van der Waals surface area contributed by atoms with Gasteiger partial charge in [0, 0.05) is 38.8 Å². The molecule has 2 rings (SSSR count). The van der Waals surface area contributed by atoms with Crippen LogP contribution < -0.4 is 10.2 Å². The van der Waals surface area contributed by atoms with Crippen LogP contribution in [-0.4, -0.2) is 47.0 Å². The predicted octanol–water partition coefficient (Wildman–Crippen LogP) is 1.57. The Kier molecular flexibility index (Phi) is 3.73. The summed E-state index contributed by atoms with van der Waals surface area (Å²) in [5.41, 5.74) is 0.896. The summed E-state index contributed by atoms with van der Waals surface area (Å²) in [7, 11) is 3.92. The summed E-state index contributed by atoms with van der Waals surface area (Å²) in [5, 5.41) is 3.07. The SMILES string of the molecule is CNc1cn2ccnc2c(N(C)CCSC)n1. The highest BCUT2D eigenvalue weighted by Gasteiger charge is 2.10. The monoisotopic (exact) mass is 251 g/mol. The molecular weight excluding hydrogens is 234 g/mol. The second-order valence-corrected chi connectivity index (χ2v) is 4.76. The van der Waals surface area contributed by atoms with Crippen molar-refractivity contribution >= 4 is 29.0 Å². The quantitative estimate of drug-likeness (QED) is 0.874. The largest absolute Gasteiger partial charge is 0.372 e. The Morgan fingerprint density at radius 3 is 3.06 bits per heavy atom. The van der Waals surface area contributed by atoms with Crippen molar-refractivity contribution in [2.75, 3.05) is 42.9 Å². The van der Waals surface area contributed by atoms with Crippen LogP contribution in [0.4, 0.5) is 11.6 Å². The maximum atomic E-state index is 4.57. The number of hydrogen-bond acceptors (Lipinski definition) is 5. The third-order valence-corrected chi connectivity index (χ3v) is 3.20. The van der Waals surface area contributed by atoms with E-state index in [0.29, 0.717) is 0 Å². The van der Waals surface area contributed by atoms with Gasteiger partial charge in [0.05, 0.1) is 6.20 Å². The first-order valence-electron chi connectivity index (χ1n) is 5.48. The van der Waals surface area contributed by atoms with Gasteiger partial charge in [-0.25, -0.2) is 9.97 Å². The molecule has 2 aromatic heterocycles. The maximum absolute atomic E-state index is 4.57. The molecule has 0 aliphatic heterocycles. The van der Waals surface area contributed by atoms with E-state index in [4.69, 9.17) is 0 Å². The van der Waals surface area contributed by atoms with Crippen molar-refractivity contribution < 1.29 is 0 Å². The molecule has 5 nitrogen and oxygen atoms in total. The number of nitrogens with one attached hydrogen (secondary N) is 1. The molecule has 6 heteroatoms. The topological polar surface area (TPSA) is 45.5 Å². The standard InChI is InChI=1S/C11H17N5S/c1-12-9-8-16-5-4-13-10(16)11(14-9)15(2)6-7-17-3/h4-5,8,12H,6-7H2,1-3H3. The lowest BCUT2D eigenvalue weighted by atomic mass is 10.5. The Hall–Kier alpha value is -1.43. The Morgan fingerprint density at radius 2 is 2.35 bits per heavy atom. The highest BCUT2D eigenvalue weighted by Crippen LogP contribution is 2.19. The summed E-state index contributed by atoms with van der Waals surface area (Å²) >= 11 is 1.83. The maximum Gasteiger partial charge on any atom is 0.180 e. The van der Waals surface area contributed by atoms with Gasteiger partial charge in [0.15, 0.2) is 11.5 Å². The van der Waals surface area contributed by atoms with Crippen LogP contribution in [0.3, 0.4) is 0 Å². The van der Waals surface area contributed by atoms with Gasteiger partial charge in [-0.3, -0.25) is 0 Å². The fraction of sp³-hybridized carbons (Fsp3) is 0.455. The zero-order valence-electron chi connectivity index (χ0n) is 10.3. The van der Waals surface area contributed by atoms with Crippen molar-refractivity contribution in [2.45, 2.75) is 0 Å². The minimum atomic E-state index is 0.849. The van der Waals surface area contributed by atoms with E-state index in [-0.39, 0.29) is 0 Å². The van der Waals surface area contributed by atoms with E-state index in [2.05, 4.69) is 26.4 Å². The fourth-order valence-electron chi connectivity index (χ4n) is 1.63. The molecule has 0 unspecified atom stereocenters. The van der Waals surface area contributed by atoms with Gasteiger partial charge in [0.25, 0.3) is 0 Å². The number of imidazole rings is 1. The zero-order chi connectivity index (χ0) is 12.3. The van der Waals surface area contributed by atoms with Gasteiger partial charge in [-0.1, -0.05) is 0 Å². The van der Waals surface area contributed by atoms with Crippen LogP contribution in [0.25, 0.3) is 5.65 Å². The smallest absolute Gasteiger partial charge is 0.180 e. The molecule has 2 heterocycles. The lowest BCUT2D eigenvalue weighted by molar-refractivity contribution is 0.937.